The van der Waals surface area contributed by atoms with Crippen molar-refractivity contribution >= 4 is 28.4 Å². The first-order valence-corrected chi connectivity index (χ1v) is 9.13. The van der Waals surface area contributed by atoms with E-state index in [4.69, 9.17) is 0 Å². The van der Waals surface area contributed by atoms with Crippen LogP contribution in [-0.4, -0.2) is 45.5 Å². The molecule has 2 aromatic rings. The zero-order chi connectivity index (χ0) is 18.9. The van der Waals surface area contributed by atoms with Gasteiger partial charge in [-0.2, -0.15) is 0 Å². The van der Waals surface area contributed by atoms with Crippen LogP contribution >= 0.6 is 0 Å². The highest BCUT2D eigenvalue weighted by molar-refractivity contribution is 5.99. The second-order valence-electron chi connectivity index (χ2n) is 7.92. The number of likely N-dealkylation sites (tertiary alicyclic amines) is 1. The number of nitrogens with zero attached hydrogens (tertiary/aromatic N) is 1. The number of anilines is 1. The van der Waals surface area contributed by atoms with Crippen molar-refractivity contribution in [2.24, 2.45) is 5.92 Å². The topological polar surface area (TPSA) is 85.4 Å². The van der Waals surface area contributed by atoms with Crippen LogP contribution in [0, 0.1) is 5.92 Å². The van der Waals surface area contributed by atoms with Gasteiger partial charge in [-0.05, 0) is 63.3 Å². The van der Waals surface area contributed by atoms with E-state index in [1.807, 2.05) is 43.0 Å². The van der Waals surface area contributed by atoms with Crippen LogP contribution in [0.1, 0.15) is 50.5 Å². The Kier molecular flexibility index (Phi) is 5.05. The molecule has 0 aliphatic carbocycles. The summed E-state index contributed by atoms with van der Waals surface area (Å²) in [6.07, 6.45) is 2.61. The summed E-state index contributed by atoms with van der Waals surface area (Å²) in [5.41, 5.74) is 1.51. The van der Waals surface area contributed by atoms with Gasteiger partial charge in [0.1, 0.15) is 5.69 Å². The molecule has 0 radical (unpaired) electrons. The normalized spacial score (nSPS) is 16.1. The standard InChI is InChI=1S/C20H27N3O3/c1-13(24)21-16-4-5-17-15(10-16)11-18(22-17)19(25)23-8-6-14(7-9-23)12-20(2,3)26/h4-5,10-11,14,22,26H,6-9,12H2,1-3H3,(H,21,24). The van der Waals surface area contributed by atoms with Crippen LogP contribution in [0.2, 0.25) is 0 Å². The van der Waals surface area contributed by atoms with Crippen molar-refractivity contribution < 1.29 is 14.7 Å². The summed E-state index contributed by atoms with van der Waals surface area (Å²) in [4.78, 5) is 29.0. The first-order valence-electron chi connectivity index (χ1n) is 9.13. The average Bonchev–Trinajstić information content (AvgIpc) is 2.96. The van der Waals surface area contributed by atoms with Crippen molar-refractivity contribution in [2.45, 2.75) is 45.6 Å². The molecule has 0 bridgehead atoms. The maximum Gasteiger partial charge on any atom is 0.270 e. The predicted octanol–water partition coefficient (Wildman–Crippen LogP) is 3.14. The molecule has 26 heavy (non-hydrogen) atoms. The summed E-state index contributed by atoms with van der Waals surface area (Å²) >= 11 is 0. The molecule has 0 unspecified atom stereocenters. The van der Waals surface area contributed by atoms with E-state index >= 15 is 0 Å². The molecular weight excluding hydrogens is 330 g/mol. The van der Waals surface area contributed by atoms with Crippen LogP contribution in [-0.2, 0) is 4.79 Å². The third-order valence-electron chi connectivity index (χ3n) is 4.86. The Bertz CT molecular complexity index is 811. The second kappa shape index (κ2) is 7.11. The Balaban J connectivity index is 1.67. The summed E-state index contributed by atoms with van der Waals surface area (Å²) in [5, 5.41) is 13.6. The van der Waals surface area contributed by atoms with E-state index in [9.17, 15) is 14.7 Å². The molecule has 1 saturated heterocycles. The van der Waals surface area contributed by atoms with Gasteiger partial charge in [-0.15, -0.1) is 0 Å². The van der Waals surface area contributed by atoms with Crippen LogP contribution in [0.5, 0.6) is 0 Å². The number of H-pyrrole nitrogens is 1. The van der Waals surface area contributed by atoms with E-state index in [2.05, 4.69) is 10.3 Å². The molecule has 1 fully saturated rings. The number of amides is 2. The Labute approximate surface area is 153 Å². The van der Waals surface area contributed by atoms with E-state index in [1.54, 1.807) is 0 Å². The van der Waals surface area contributed by atoms with E-state index in [1.165, 1.54) is 6.92 Å². The number of hydrogen-bond acceptors (Lipinski definition) is 3. The Morgan fingerprint density at radius 3 is 2.58 bits per heavy atom. The lowest BCUT2D eigenvalue weighted by Crippen LogP contribution is -2.40. The fraction of sp³-hybridized carbons (Fsp3) is 0.500. The molecule has 1 aromatic carbocycles. The highest BCUT2D eigenvalue weighted by Gasteiger charge is 2.28. The molecule has 6 nitrogen and oxygen atoms in total. The van der Waals surface area contributed by atoms with Gasteiger partial charge in [0.05, 0.1) is 5.60 Å². The summed E-state index contributed by atoms with van der Waals surface area (Å²) < 4.78 is 0. The van der Waals surface area contributed by atoms with Crippen LogP contribution in [0.3, 0.4) is 0 Å². The van der Waals surface area contributed by atoms with Gasteiger partial charge >= 0.3 is 0 Å². The minimum Gasteiger partial charge on any atom is -0.390 e. The van der Waals surface area contributed by atoms with Crippen molar-refractivity contribution in [3.8, 4) is 0 Å². The van der Waals surface area contributed by atoms with Crippen LogP contribution in [0.15, 0.2) is 24.3 Å². The van der Waals surface area contributed by atoms with Gasteiger partial charge in [-0.3, -0.25) is 9.59 Å². The van der Waals surface area contributed by atoms with Crippen LogP contribution in [0.4, 0.5) is 5.69 Å². The lowest BCUT2D eigenvalue weighted by molar-refractivity contribution is -0.114. The number of aromatic amines is 1. The highest BCUT2D eigenvalue weighted by atomic mass is 16.3. The van der Waals surface area contributed by atoms with Gasteiger partial charge in [-0.1, -0.05) is 0 Å². The first kappa shape index (κ1) is 18.5. The minimum absolute atomic E-state index is 0.00369. The van der Waals surface area contributed by atoms with Crippen LogP contribution < -0.4 is 5.32 Å². The summed E-state index contributed by atoms with van der Waals surface area (Å²) in [7, 11) is 0. The largest absolute Gasteiger partial charge is 0.390 e. The number of benzene rings is 1. The fourth-order valence-corrected chi connectivity index (χ4v) is 3.75. The number of carbonyl (C=O) groups is 2. The molecule has 0 atom stereocenters. The van der Waals surface area contributed by atoms with Crippen molar-refractivity contribution in [1.29, 1.82) is 0 Å². The number of aliphatic hydroxyl groups is 1. The molecule has 1 aromatic heterocycles. The predicted molar refractivity (Wildman–Crippen MR) is 102 cm³/mol. The van der Waals surface area contributed by atoms with Gasteiger partial charge in [-0.25, -0.2) is 0 Å². The van der Waals surface area contributed by atoms with Gasteiger partial charge in [0.2, 0.25) is 5.91 Å². The van der Waals surface area contributed by atoms with Gasteiger partial charge < -0.3 is 20.3 Å². The lowest BCUT2D eigenvalue weighted by atomic mass is 9.86. The second-order valence-corrected chi connectivity index (χ2v) is 7.92. The monoisotopic (exact) mass is 357 g/mol. The first-order chi connectivity index (χ1) is 12.2. The molecule has 2 amide bonds. The van der Waals surface area contributed by atoms with E-state index in [-0.39, 0.29) is 11.8 Å². The molecule has 3 rings (SSSR count). The van der Waals surface area contributed by atoms with Gasteiger partial charge in [0.25, 0.3) is 5.91 Å². The number of hydrogen-bond donors (Lipinski definition) is 3. The Hall–Kier alpha value is -2.34. The third kappa shape index (κ3) is 4.43. The molecule has 1 aliphatic heterocycles. The van der Waals surface area contributed by atoms with Crippen molar-refractivity contribution in [3.63, 3.8) is 0 Å². The average molecular weight is 357 g/mol. The smallest absolute Gasteiger partial charge is 0.270 e. The zero-order valence-corrected chi connectivity index (χ0v) is 15.6. The van der Waals surface area contributed by atoms with E-state index < -0.39 is 5.60 Å². The number of aromatic nitrogens is 1. The van der Waals surface area contributed by atoms with Gasteiger partial charge in [0, 0.05) is 36.6 Å². The number of fused-ring (bicyclic) bond motifs is 1. The van der Waals surface area contributed by atoms with Crippen LogP contribution in [0.25, 0.3) is 10.9 Å². The van der Waals surface area contributed by atoms with E-state index in [0.29, 0.717) is 24.7 Å². The Morgan fingerprint density at radius 2 is 1.96 bits per heavy atom. The Morgan fingerprint density at radius 1 is 1.27 bits per heavy atom. The summed E-state index contributed by atoms with van der Waals surface area (Å²) in [5.74, 6) is 0.344. The molecule has 140 valence electrons. The van der Waals surface area contributed by atoms with Crippen molar-refractivity contribution in [3.05, 3.63) is 30.0 Å². The number of carbonyl (C=O) groups excluding carboxylic acids is 2. The molecule has 0 saturated carbocycles. The molecule has 0 spiro atoms. The third-order valence-corrected chi connectivity index (χ3v) is 4.86. The van der Waals surface area contributed by atoms with Gasteiger partial charge in [0.15, 0.2) is 0 Å². The molecular formula is C20H27N3O3. The SMILES string of the molecule is CC(=O)Nc1ccc2[nH]c(C(=O)N3CCC(CC(C)(C)O)CC3)cc2c1. The lowest BCUT2D eigenvalue weighted by Gasteiger charge is -2.34. The maximum atomic E-state index is 12.8. The number of piperidine rings is 1. The number of rotatable bonds is 4. The molecule has 3 N–H and O–H groups in total. The zero-order valence-electron chi connectivity index (χ0n) is 15.6. The van der Waals surface area contributed by atoms with Crippen molar-refractivity contribution in [2.75, 3.05) is 18.4 Å². The van der Waals surface area contributed by atoms with Crippen molar-refractivity contribution in [1.82, 2.24) is 9.88 Å². The molecule has 1 aliphatic rings. The summed E-state index contributed by atoms with van der Waals surface area (Å²) in [6.45, 7) is 6.57. The molecule has 6 heteroatoms. The highest BCUT2D eigenvalue weighted by Crippen LogP contribution is 2.27. The maximum absolute atomic E-state index is 12.8. The molecule has 2 heterocycles. The summed E-state index contributed by atoms with van der Waals surface area (Å²) in [6, 6.07) is 7.38. The van der Waals surface area contributed by atoms with E-state index in [0.717, 1.165) is 35.9 Å². The fourth-order valence-electron chi connectivity index (χ4n) is 3.75. The quantitative estimate of drug-likeness (QED) is 0.786. The number of nitrogens with one attached hydrogen (secondary N) is 2. The minimum atomic E-state index is -0.653.